The number of benzene rings is 1. The summed E-state index contributed by atoms with van der Waals surface area (Å²) in [6.07, 6.45) is 0.557. The third kappa shape index (κ3) is 2.76. The molecule has 0 aliphatic heterocycles. The number of hydrogen-bond acceptors (Lipinski definition) is 4. The normalized spacial score (nSPS) is 12.0. The smallest absolute Gasteiger partial charge is 0.251 e. The number of fused-ring (bicyclic) bond motifs is 1. The zero-order valence-electron chi connectivity index (χ0n) is 12.9. The molecule has 0 unspecified atom stereocenters. The summed E-state index contributed by atoms with van der Waals surface area (Å²) in [7, 11) is 0. The monoisotopic (exact) mass is 313 g/mol. The van der Waals surface area contributed by atoms with Crippen molar-refractivity contribution in [2.24, 2.45) is 0 Å². The largest absolute Gasteiger partial charge is 0.375 e. The number of nitrogens with two attached hydrogens (primary N) is 1. The molecule has 2 heterocycles. The Bertz CT molecular complexity index is 887. The standard InChI is InChI=1S/C17H19N3OS/c1-17(2,3)14-13(22-16(18)20-14)9-11-8-10-6-4-5-7-12(10)19-15(11)21/h4-8H,9H2,1-3H3,(H2,18,20)(H,19,21). The first kappa shape index (κ1) is 14.8. The van der Waals surface area contributed by atoms with Crippen LogP contribution in [-0.2, 0) is 11.8 Å². The highest BCUT2D eigenvalue weighted by Crippen LogP contribution is 2.32. The minimum Gasteiger partial charge on any atom is -0.375 e. The zero-order chi connectivity index (χ0) is 15.9. The van der Waals surface area contributed by atoms with Crippen LogP contribution >= 0.6 is 11.3 Å². The van der Waals surface area contributed by atoms with E-state index in [-0.39, 0.29) is 11.0 Å². The van der Waals surface area contributed by atoms with Gasteiger partial charge in [-0.25, -0.2) is 4.98 Å². The van der Waals surface area contributed by atoms with Crippen LogP contribution in [0.3, 0.4) is 0 Å². The highest BCUT2D eigenvalue weighted by atomic mass is 32.1. The van der Waals surface area contributed by atoms with E-state index < -0.39 is 0 Å². The van der Waals surface area contributed by atoms with E-state index in [9.17, 15) is 4.79 Å². The van der Waals surface area contributed by atoms with Crippen molar-refractivity contribution in [1.82, 2.24) is 9.97 Å². The third-order valence-electron chi connectivity index (χ3n) is 3.61. The van der Waals surface area contributed by atoms with E-state index in [1.165, 1.54) is 11.3 Å². The third-order valence-corrected chi connectivity index (χ3v) is 4.49. The number of hydrogen-bond donors (Lipinski definition) is 2. The van der Waals surface area contributed by atoms with Gasteiger partial charge in [-0.2, -0.15) is 0 Å². The summed E-state index contributed by atoms with van der Waals surface area (Å²) < 4.78 is 0. The number of pyridine rings is 1. The van der Waals surface area contributed by atoms with Crippen molar-refractivity contribution >= 4 is 27.4 Å². The quantitative estimate of drug-likeness (QED) is 0.761. The number of aromatic amines is 1. The van der Waals surface area contributed by atoms with Crippen LogP contribution in [0.1, 0.15) is 36.9 Å². The molecule has 0 bridgehead atoms. The van der Waals surface area contributed by atoms with Gasteiger partial charge in [0.2, 0.25) is 0 Å². The number of nitrogen functional groups attached to an aromatic ring is 1. The summed E-state index contributed by atoms with van der Waals surface area (Å²) in [4.78, 5) is 20.8. The lowest BCUT2D eigenvalue weighted by Gasteiger charge is -2.17. The molecule has 4 nitrogen and oxygen atoms in total. The molecule has 114 valence electrons. The lowest BCUT2D eigenvalue weighted by molar-refractivity contribution is 0.568. The van der Waals surface area contributed by atoms with Gasteiger partial charge in [-0.05, 0) is 17.5 Å². The van der Waals surface area contributed by atoms with Crippen molar-refractivity contribution in [3.05, 3.63) is 56.8 Å². The number of nitrogens with one attached hydrogen (secondary N) is 1. The van der Waals surface area contributed by atoms with Crippen LogP contribution in [0.5, 0.6) is 0 Å². The first-order valence-electron chi connectivity index (χ1n) is 7.21. The van der Waals surface area contributed by atoms with Crippen molar-refractivity contribution < 1.29 is 0 Å². The summed E-state index contributed by atoms with van der Waals surface area (Å²) in [5.41, 5.74) is 8.31. The molecule has 0 aliphatic carbocycles. The van der Waals surface area contributed by atoms with Gasteiger partial charge in [0.05, 0.1) is 5.69 Å². The second-order valence-electron chi connectivity index (χ2n) is 6.46. The number of thiazole rings is 1. The molecule has 3 N–H and O–H groups in total. The fourth-order valence-electron chi connectivity index (χ4n) is 2.57. The number of anilines is 1. The summed E-state index contributed by atoms with van der Waals surface area (Å²) in [5.74, 6) is 0. The molecule has 0 atom stereocenters. The van der Waals surface area contributed by atoms with E-state index in [1.54, 1.807) is 0 Å². The van der Waals surface area contributed by atoms with E-state index in [0.29, 0.717) is 11.6 Å². The van der Waals surface area contributed by atoms with E-state index in [0.717, 1.165) is 27.0 Å². The molecule has 0 spiro atoms. The molecule has 0 radical (unpaired) electrons. The minimum atomic E-state index is -0.0902. The van der Waals surface area contributed by atoms with Gasteiger partial charge in [0.15, 0.2) is 5.13 Å². The predicted octanol–water partition coefficient (Wildman–Crippen LogP) is 3.46. The van der Waals surface area contributed by atoms with Crippen LogP contribution < -0.4 is 11.3 Å². The van der Waals surface area contributed by atoms with Gasteiger partial charge < -0.3 is 10.7 Å². The average molecular weight is 313 g/mol. The van der Waals surface area contributed by atoms with Crippen LogP contribution in [-0.4, -0.2) is 9.97 Å². The summed E-state index contributed by atoms with van der Waals surface area (Å²) in [5, 5.41) is 1.59. The molecule has 0 aliphatic rings. The summed E-state index contributed by atoms with van der Waals surface area (Å²) in [6.45, 7) is 6.32. The van der Waals surface area contributed by atoms with Crippen molar-refractivity contribution in [2.45, 2.75) is 32.6 Å². The number of aromatic nitrogens is 2. The van der Waals surface area contributed by atoms with Crippen LogP contribution in [0.2, 0.25) is 0 Å². The Morgan fingerprint density at radius 1 is 1.27 bits per heavy atom. The molecule has 0 saturated heterocycles. The maximum absolute atomic E-state index is 12.3. The van der Waals surface area contributed by atoms with E-state index in [4.69, 9.17) is 5.73 Å². The Hall–Kier alpha value is -2.14. The van der Waals surface area contributed by atoms with Gasteiger partial charge in [-0.3, -0.25) is 4.79 Å². The number of rotatable bonds is 2. The van der Waals surface area contributed by atoms with Crippen molar-refractivity contribution in [3.8, 4) is 0 Å². The minimum absolute atomic E-state index is 0.0504. The first-order valence-corrected chi connectivity index (χ1v) is 8.03. The van der Waals surface area contributed by atoms with Gasteiger partial charge in [0.1, 0.15) is 0 Å². The lowest BCUT2D eigenvalue weighted by atomic mass is 9.90. The maximum atomic E-state index is 12.3. The second-order valence-corrected chi connectivity index (χ2v) is 7.58. The van der Waals surface area contributed by atoms with E-state index in [2.05, 4.69) is 30.7 Å². The van der Waals surface area contributed by atoms with Crippen LogP contribution in [0.4, 0.5) is 5.13 Å². The van der Waals surface area contributed by atoms with Crippen LogP contribution in [0, 0.1) is 0 Å². The van der Waals surface area contributed by atoms with Crippen molar-refractivity contribution in [3.63, 3.8) is 0 Å². The Balaban J connectivity index is 2.07. The lowest BCUT2D eigenvalue weighted by Crippen LogP contribution is -2.17. The second kappa shape index (κ2) is 5.25. The molecule has 5 heteroatoms. The fraction of sp³-hybridized carbons (Fsp3) is 0.294. The van der Waals surface area contributed by atoms with Crippen molar-refractivity contribution in [2.75, 3.05) is 5.73 Å². The molecular formula is C17H19N3OS. The highest BCUT2D eigenvalue weighted by Gasteiger charge is 2.23. The van der Waals surface area contributed by atoms with E-state index >= 15 is 0 Å². The summed E-state index contributed by atoms with van der Waals surface area (Å²) >= 11 is 1.46. The Morgan fingerprint density at radius 2 is 2.00 bits per heavy atom. The SMILES string of the molecule is CC(C)(C)c1nc(N)sc1Cc1cc2ccccc2[nH]c1=O. The molecule has 0 saturated carbocycles. The maximum Gasteiger partial charge on any atom is 0.251 e. The number of H-pyrrole nitrogens is 1. The van der Waals surface area contributed by atoms with Crippen molar-refractivity contribution in [1.29, 1.82) is 0 Å². The Morgan fingerprint density at radius 3 is 2.73 bits per heavy atom. The first-order chi connectivity index (χ1) is 10.3. The number of para-hydroxylation sites is 1. The molecule has 0 amide bonds. The molecule has 3 aromatic rings. The Kier molecular flexibility index (Phi) is 3.53. The molecular weight excluding hydrogens is 294 g/mol. The Labute approximate surface area is 133 Å². The average Bonchev–Trinajstić information content (AvgIpc) is 2.80. The topological polar surface area (TPSA) is 71.8 Å². The fourth-order valence-corrected chi connectivity index (χ4v) is 3.64. The summed E-state index contributed by atoms with van der Waals surface area (Å²) in [6, 6.07) is 9.75. The van der Waals surface area contributed by atoms with E-state index in [1.807, 2.05) is 30.3 Å². The van der Waals surface area contributed by atoms with Gasteiger partial charge >= 0.3 is 0 Å². The molecule has 22 heavy (non-hydrogen) atoms. The molecule has 0 fully saturated rings. The van der Waals surface area contributed by atoms with Gasteiger partial charge in [-0.15, -0.1) is 11.3 Å². The molecule has 3 rings (SSSR count). The number of nitrogens with zero attached hydrogens (tertiary/aromatic N) is 1. The predicted molar refractivity (Wildman–Crippen MR) is 92.6 cm³/mol. The van der Waals surface area contributed by atoms with Gasteiger partial charge in [0.25, 0.3) is 5.56 Å². The van der Waals surface area contributed by atoms with Gasteiger partial charge in [-0.1, -0.05) is 39.0 Å². The van der Waals surface area contributed by atoms with Gasteiger partial charge in [0, 0.05) is 27.8 Å². The zero-order valence-corrected chi connectivity index (χ0v) is 13.8. The van der Waals surface area contributed by atoms with Crippen LogP contribution in [0.25, 0.3) is 10.9 Å². The molecule has 2 aromatic heterocycles. The molecule has 1 aromatic carbocycles. The van der Waals surface area contributed by atoms with Crippen LogP contribution in [0.15, 0.2) is 35.1 Å². The highest BCUT2D eigenvalue weighted by molar-refractivity contribution is 7.15.